The summed E-state index contributed by atoms with van der Waals surface area (Å²) in [6, 6.07) is 6.64. The van der Waals surface area contributed by atoms with Crippen molar-refractivity contribution in [3.63, 3.8) is 0 Å². The van der Waals surface area contributed by atoms with Gasteiger partial charge in [0.05, 0.1) is 11.0 Å². The number of nitro groups is 1. The van der Waals surface area contributed by atoms with Gasteiger partial charge in [-0.15, -0.1) is 0 Å². The molecule has 0 saturated heterocycles. The monoisotopic (exact) mass is 281 g/mol. The molecule has 20 heavy (non-hydrogen) atoms. The molecule has 0 aliphatic carbocycles. The Morgan fingerprint density at radius 1 is 1.35 bits per heavy atom. The van der Waals surface area contributed by atoms with Crippen LogP contribution in [0.25, 0.3) is 0 Å². The number of likely N-dealkylation sites (N-methyl/N-ethyl adjacent to an activating group) is 1. The van der Waals surface area contributed by atoms with Gasteiger partial charge in [0.1, 0.15) is 0 Å². The first-order chi connectivity index (χ1) is 9.58. The highest BCUT2D eigenvalue weighted by Gasteiger charge is 2.13. The fraction of sp³-hybridized carbons (Fsp3) is 0.571. The van der Waals surface area contributed by atoms with Crippen molar-refractivity contribution in [2.45, 2.75) is 26.5 Å². The van der Waals surface area contributed by atoms with E-state index in [2.05, 4.69) is 24.1 Å². The highest BCUT2D eigenvalue weighted by atomic mass is 16.6. The van der Waals surface area contributed by atoms with E-state index in [9.17, 15) is 15.2 Å². The molecule has 0 spiro atoms. The molecule has 0 bridgehead atoms. The van der Waals surface area contributed by atoms with Gasteiger partial charge in [0.2, 0.25) is 0 Å². The van der Waals surface area contributed by atoms with Gasteiger partial charge in [-0.3, -0.25) is 10.1 Å². The number of rotatable bonds is 9. The predicted octanol–water partition coefficient (Wildman–Crippen LogP) is 1.39. The smallest absolute Gasteiger partial charge is 0.273 e. The van der Waals surface area contributed by atoms with E-state index >= 15 is 0 Å². The van der Waals surface area contributed by atoms with Crippen molar-refractivity contribution < 1.29 is 10.0 Å². The topological polar surface area (TPSA) is 78.6 Å². The van der Waals surface area contributed by atoms with Crippen LogP contribution in [0.1, 0.15) is 19.4 Å². The average molecular weight is 281 g/mol. The Balaban J connectivity index is 2.43. The number of nitro benzene ring substituents is 1. The molecule has 2 N–H and O–H groups in total. The van der Waals surface area contributed by atoms with Crippen molar-refractivity contribution in [2.24, 2.45) is 0 Å². The van der Waals surface area contributed by atoms with Crippen LogP contribution in [0.4, 0.5) is 5.69 Å². The highest BCUT2D eigenvalue weighted by Crippen LogP contribution is 2.16. The van der Waals surface area contributed by atoms with Crippen molar-refractivity contribution in [1.82, 2.24) is 10.2 Å². The summed E-state index contributed by atoms with van der Waals surface area (Å²) in [6.07, 6.45) is -0.474. The molecule has 6 nitrogen and oxygen atoms in total. The van der Waals surface area contributed by atoms with Gasteiger partial charge < -0.3 is 15.3 Å². The lowest BCUT2D eigenvalue weighted by molar-refractivity contribution is -0.385. The maximum absolute atomic E-state index is 10.9. The minimum absolute atomic E-state index is 0.109. The molecule has 0 fully saturated rings. The molecular formula is C14H23N3O3. The Morgan fingerprint density at radius 2 is 2.00 bits per heavy atom. The SMILES string of the molecule is CCN(CC)CC(O)CNCc1ccccc1[N+](=O)[O-]. The van der Waals surface area contributed by atoms with Gasteiger partial charge in [-0.25, -0.2) is 0 Å². The minimum atomic E-state index is -0.474. The Kier molecular flexibility index (Phi) is 7.14. The number of aliphatic hydroxyl groups is 1. The van der Waals surface area contributed by atoms with Crippen molar-refractivity contribution >= 4 is 5.69 Å². The molecule has 0 amide bonds. The first-order valence-electron chi connectivity index (χ1n) is 6.91. The van der Waals surface area contributed by atoms with Gasteiger partial charge in [0.25, 0.3) is 5.69 Å². The standard InChI is InChI=1S/C14H23N3O3/c1-3-16(4-2)11-13(18)10-15-9-12-7-5-6-8-14(12)17(19)20/h5-8,13,15,18H,3-4,9-11H2,1-2H3. The van der Waals surface area contributed by atoms with Crippen LogP contribution in [0.5, 0.6) is 0 Å². The van der Waals surface area contributed by atoms with Gasteiger partial charge in [0.15, 0.2) is 0 Å². The molecule has 0 radical (unpaired) electrons. The zero-order chi connectivity index (χ0) is 15.0. The second-order valence-electron chi connectivity index (χ2n) is 4.66. The van der Waals surface area contributed by atoms with E-state index in [0.29, 0.717) is 25.2 Å². The number of nitrogens with one attached hydrogen (secondary N) is 1. The van der Waals surface area contributed by atoms with Crippen molar-refractivity contribution in [3.05, 3.63) is 39.9 Å². The maximum atomic E-state index is 10.9. The molecule has 0 aliphatic rings. The summed E-state index contributed by atoms with van der Waals surface area (Å²) in [5, 5.41) is 23.8. The average Bonchev–Trinajstić information content (AvgIpc) is 2.45. The summed E-state index contributed by atoms with van der Waals surface area (Å²) >= 11 is 0. The molecular weight excluding hydrogens is 258 g/mol. The van der Waals surface area contributed by atoms with E-state index in [1.54, 1.807) is 18.2 Å². The number of nitrogens with zero attached hydrogens (tertiary/aromatic N) is 2. The van der Waals surface area contributed by atoms with Crippen LogP contribution in [0, 0.1) is 10.1 Å². The molecule has 0 aliphatic heterocycles. The highest BCUT2D eigenvalue weighted by molar-refractivity contribution is 5.39. The van der Waals surface area contributed by atoms with E-state index in [4.69, 9.17) is 0 Å². The summed E-state index contributed by atoms with van der Waals surface area (Å²) in [6.45, 7) is 7.31. The molecule has 1 aromatic rings. The largest absolute Gasteiger partial charge is 0.390 e. The maximum Gasteiger partial charge on any atom is 0.273 e. The molecule has 0 aromatic heterocycles. The minimum Gasteiger partial charge on any atom is -0.390 e. The molecule has 0 heterocycles. The summed E-state index contributed by atoms with van der Waals surface area (Å²) in [5.74, 6) is 0. The number of aliphatic hydroxyl groups excluding tert-OH is 1. The molecule has 6 heteroatoms. The molecule has 1 atom stereocenters. The molecule has 1 aromatic carbocycles. The predicted molar refractivity (Wildman–Crippen MR) is 78.6 cm³/mol. The van der Waals surface area contributed by atoms with Gasteiger partial charge in [-0.2, -0.15) is 0 Å². The van der Waals surface area contributed by atoms with Crippen LogP contribution in [-0.2, 0) is 6.54 Å². The van der Waals surface area contributed by atoms with Gasteiger partial charge in [-0.05, 0) is 13.1 Å². The third-order valence-corrected chi connectivity index (χ3v) is 3.25. The van der Waals surface area contributed by atoms with E-state index in [-0.39, 0.29) is 10.6 Å². The lowest BCUT2D eigenvalue weighted by Crippen LogP contribution is -2.38. The van der Waals surface area contributed by atoms with Crippen molar-refractivity contribution in [2.75, 3.05) is 26.2 Å². The van der Waals surface area contributed by atoms with Gasteiger partial charge in [0, 0.05) is 31.3 Å². The second-order valence-corrected chi connectivity index (χ2v) is 4.66. The first kappa shape index (κ1) is 16.6. The fourth-order valence-electron chi connectivity index (χ4n) is 2.06. The van der Waals surface area contributed by atoms with Crippen LogP contribution >= 0.6 is 0 Å². The van der Waals surface area contributed by atoms with Gasteiger partial charge in [-0.1, -0.05) is 32.0 Å². The molecule has 112 valence electrons. The van der Waals surface area contributed by atoms with E-state index in [0.717, 1.165) is 13.1 Å². The van der Waals surface area contributed by atoms with Crippen LogP contribution < -0.4 is 5.32 Å². The van der Waals surface area contributed by atoms with E-state index in [1.807, 2.05) is 0 Å². The van der Waals surface area contributed by atoms with Gasteiger partial charge >= 0.3 is 0 Å². The van der Waals surface area contributed by atoms with Crippen LogP contribution in [0.2, 0.25) is 0 Å². The number of hydrogen-bond donors (Lipinski definition) is 2. The number of benzene rings is 1. The Labute approximate surface area is 119 Å². The van der Waals surface area contributed by atoms with Crippen LogP contribution in [0.15, 0.2) is 24.3 Å². The van der Waals surface area contributed by atoms with Crippen LogP contribution in [-0.4, -0.2) is 47.2 Å². The first-order valence-corrected chi connectivity index (χ1v) is 6.91. The summed E-state index contributed by atoms with van der Waals surface area (Å²) in [7, 11) is 0. The summed E-state index contributed by atoms with van der Waals surface area (Å²) in [4.78, 5) is 12.6. The fourth-order valence-corrected chi connectivity index (χ4v) is 2.06. The molecule has 1 unspecified atom stereocenters. The Morgan fingerprint density at radius 3 is 2.60 bits per heavy atom. The van der Waals surface area contributed by atoms with Crippen molar-refractivity contribution in [3.8, 4) is 0 Å². The normalized spacial score (nSPS) is 12.6. The number of para-hydroxylation sites is 1. The van der Waals surface area contributed by atoms with E-state index in [1.165, 1.54) is 6.07 Å². The Bertz CT molecular complexity index is 422. The molecule has 1 rings (SSSR count). The Hall–Kier alpha value is -1.50. The van der Waals surface area contributed by atoms with E-state index < -0.39 is 6.10 Å². The summed E-state index contributed by atoms with van der Waals surface area (Å²) in [5.41, 5.74) is 0.741. The van der Waals surface area contributed by atoms with Crippen LogP contribution in [0.3, 0.4) is 0 Å². The zero-order valence-electron chi connectivity index (χ0n) is 12.1. The lowest BCUT2D eigenvalue weighted by atomic mass is 10.2. The van der Waals surface area contributed by atoms with Crippen molar-refractivity contribution in [1.29, 1.82) is 0 Å². The molecule has 0 saturated carbocycles. The second kappa shape index (κ2) is 8.63. The third-order valence-electron chi connectivity index (χ3n) is 3.25. The third kappa shape index (κ3) is 5.24. The lowest BCUT2D eigenvalue weighted by Gasteiger charge is -2.22. The summed E-state index contributed by atoms with van der Waals surface area (Å²) < 4.78 is 0. The zero-order valence-corrected chi connectivity index (χ0v) is 12.1. The quantitative estimate of drug-likeness (QED) is 0.528. The number of hydrogen-bond acceptors (Lipinski definition) is 5.